The minimum Gasteiger partial charge on any atom is -0.508 e. The zero-order valence-electron chi connectivity index (χ0n) is 10.5. The SMILES string of the molecule is CC.CC[C@H](C)C(=O)O.Oc1ccccc1. The van der Waals surface area contributed by atoms with Gasteiger partial charge in [0.2, 0.25) is 0 Å². The van der Waals surface area contributed by atoms with Gasteiger partial charge in [-0.1, -0.05) is 45.9 Å². The van der Waals surface area contributed by atoms with E-state index in [4.69, 9.17) is 10.2 Å². The molecule has 1 aromatic carbocycles. The number of rotatable bonds is 2. The first kappa shape index (κ1) is 16.9. The monoisotopic (exact) mass is 226 g/mol. The molecular formula is C13H22O3. The third kappa shape index (κ3) is 10.6. The number of carboxylic acids is 1. The van der Waals surface area contributed by atoms with Crippen molar-refractivity contribution in [3.8, 4) is 5.75 Å². The van der Waals surface area contributed by atoms with Crippen molar-refractivity contribution in [2.24, 2.45) is 5.92 Å². The van der Waals surface area contributed by atoms with Crippen LogP contribution in [0.25, 0.3) is 0 Å². The van der Waals surface area contributed by atoms with Crippen LogP contribution in [-0.2, 0) is 4.79 Å². The number of benzene rings is 1. The van der Waals surface area contributed by atoms with Gasteiger partial charge < -0.3 is 10.2 Å². The minimum atomic E-state index is -0.706. The van der Waals surface area contributed by atoms with Crippen LogP contribution in [0.15, 0.2) is 30.3 Å². The Morgan fingerprint density at radius 1 is 1.25 bits per heavy atom. The van der Waals surface area contributed by atoms with Crippen LogP contribution in [0, 0.1) is 5.92 Å². The molecule has 0 aliphatic rings. The Hall–Kier alpha value is -1.51. The number of hydrogen-bond acceptors (Lipinski definition) is 2. The van der Waals surface area contributed by atoms with E-state index in [2.05, 4.69) is 0 Å². The van der Waals surface area contributed by atoms with Crippen molar-refractivity contribution in [2.75, 3.05) is 0 Å². The predicted molar refractivity (Wildman–Crippen MR) is 66.5 cm³/mol. The van der Waals surface area contributed by atoms with Gasteiger partial charge in [0.05, 0.1) is 5.92 Å². The van der Waals surface area contributed by atoms with Crippen LogP contribution in [0.2, 0.25) is 0 Å². The van der Waals surface area contributed by atoms with E-state index in [0.717, 1.165) is 6.42 Å². The maximum atomic E-state index is 9.93. The molecular weight excluding hydrogens is 204 g/mol. The van der Waals surface area contributed by atoms with Crippen LogP contribution < -0.4 is 0 Å². The second-order valence-corrected chi connectivity index (χ2v) is 2.98. The van der Waals surface area contributed by atoms with Crippen LogP contribution in [0.3, 0.4) is 0 Å². The molecule has 0 spiro atoms. The molecule has 0 radical (unpaired) electrons. The lowest BCUT2D eigenvalue weighted by molar-refractivity contribution is -0.141. The fourth-order valence-corrected chi connectivity index (χ4v) is 0.603. The van der Waals surface area contributed by atoms with E-state index in [-0.39, 0.29) is 5.92 Å². The van der Waals surface area contributed by atoms with Gasteiger partial charge in [-0.3, -0.25) is 4.79 Å². The number of hydrogen-bond donors (Lipinski definition) is 2. The average molecular weight is 226 g/mol. The highest BCUT2D eigenvalue weighted by atomic mass is 16.4. The van der Waals surface area contributed by atoms with Crippen LogP contribution >= 0.6 is 0 Å². The van der Waals surface area contributed by atoms with E-state index >= 15 is 0 Å². The number of phenols is 1. The summed E-state index contributed by atoms with van der Waals surface area (Å²) in [6.45, 7) is 7.56. The molecule has 1 atom stereocenters. The molecule has 0 saturated heterocycles. The number of aromatic hydroxyl groups is 1. The summed E-state index contributed by atoms with van der Waals surface area (Å²) in [7, 11) is 0. The third-order valence-corrected chi connectivity index (χ3v) is 1.79. The van der Waals surface area contributed by atoms with Gasteiger partial charge >= 0.3 is 5.97 Å². The average Bonchev–Trinajstić information content (AvgIpc) is 2.32. The van der Waals surface area contributed by atoms with Gasteiger partial charge in [-0.05, 0) is 18.6 Å². The molecule has 1 aromatic rings. The molecule has 2 N–H and O–H groups in total. The largest absolute Gasteiger partial charge is 0.508 e. The van der Waals surface area contributed by atoms with Gasteiger partial charge in [0.25, 0.3) is 0 Å². The minimum absolute atomic E-state index is 0.181. The van der Waals surface area contributed by atoms with E-state index in [1.54, 1.807) is 31.2 Å². The van der Waals surface area contributed by atoms with Crippen LogP contribution in [0.5, 0.6) is 5.75 Å². The van der Waals surface area contributed by atoms with Crippen molar-refractivity contribution < 1.29 is 15.0 Å². The van der Waals surface area contributed by atoms with Crippen molar-refractivity contribution >= 4 is 5.97 Å². The molecule has 16 heavy (non-hydrogen) atoms. The molecule has 3 nitrogen and oxygen atoms in total. The lowest BCUT2D eigenvalue weighted by Crippen LogP contribution is -2.06. The first-order valence-corrected chi connectivity index (χ1v) is 5.54. The van der Waals surface area contributed by atoms with Crippen LogP contribution in [0.1, 0.15) is 34.1 Å². The Balaban J connectivity index is 0. The van der Waals surface area contributed by atoms with Gasteiger partial charge in [-0.2, -0.15) is 0 Å². The lowest BCUT2D eigenvalue weighted by atomic mass is 10.1. The fraction of sp³-hybridized carbons (Fsp3) is 0.462. The highest BCUT2D eigenvalue weighted by Gasteiger charge is 2.05. The van der Waals surface area contributed by atoms with Crippen molar-refractivity contribution in [1.29, 1.82) is 0 Å². The number of para-hydroxylation sites is 1. The summed E-state index contributed by atoms with van der Waals surface area (Å²) in [5.74, 6) is -0.565. The van der Waals surface area contributed by atoms with Crippen molar-refractivity contribution in [1.82, 2.24) is 0 Å². The summed E-state index contributed by atoms with van der Waals surface area (Å²) in [5.41, 5.74) is 0. The highest BCUT2D eigenvalue weighted by molar-refractivity contribution is 5.69. The highest BCUT2D eigenvalue weighted by Crippen LogP contribution is 2.02. The third-order valence-electron chi connectivity index (χ3n) is 1.79. The second kappa shape index (κ2) is 11.6. The molecule has 0 bridgehead atoms. The zero-order valence-corrected chi connectivity index (χ0v) is 10.5. The summed E-state index contributed by atoms with van der Waals surface area (Å²) in [6, 6.07) is 8.71. The molecule has 1 rings (SSSR count). The maximum Gasteiger partial charge on any atom is 0.306 e. The van der Waals surface area contributed by atoms with E-state index in [1.165, 1.54) is 0 Å². The molecule has 0 saturated carbocycles. The number of carbonyl (C=O) groups is 1. The number of aliphatic carboxylic acids is 1. The first-order chi connectivity index (χ1) is 7.57. The zero-order chi connectivity index (χ0) is 13.0. The summed E-state index contributed by atoms with van der Waals surface area (Å²) in [5, 5.41) is 16.8. The molecule has 92 valence electrons. The Bertz CT molecular complexity index is 257. The van der Waals surface area contributed by atoms with Crippen molar-refractivity contribution in [3.05, 3.63) is 30.3 Å². The van der Waals surface area contributed by atoms with Crippen LogP contribution in [-0.4, -0.2) is 16.2 Å². The Labute approximate surface area is 97.7 Å². The fourth-order valence-electron chi connectivity index (χ4n) is 0.603. The van der Waals surface area contributed by atoms with Crippen molar-refractivity contribution in [2.45, 2.75) is 34.1 Å². The Morgan fingerprint density at radius 2 is 1.69 bits per heavy atom. The van der Waals surface area contributed by atoms with E-state index < -0.39 is 5.97 Å². The van der Waals surface area contributed by atoms with E-state index in [0.29, 0.717) is 5.75 Å². The van der Waals surface area contributed by atoms with Gasteiger partial charge in [-0.25, -0.2) is 0 Å². The summed E-state index contributed by atoms with van der Waals surface area (Å²) in [6.07, 6.45) is 0.718. The lowest BCUT2D eigenvalue weighted by Gasteiger charge is -1.96. The molecule has 0 heterocycles. The van der Waals surface area contributed by atoms with Crippen LogP contribution in [0.4, 0.5) is 0 Å². The summed E-state index contributed by atoms with van der Waals surface area (Å²) in [4.78, 5) is 9.93. The van der Waals surface area contributed by atoms with E-state index in [1.807, 2.05) is 26.8 Å². The molecule has 0 aliphatic heterocycles. The summed E-state index contributed by atoms with van der Waals surface area (Å²) >= 11 is 0. The number of carboxylic acid groups (broad SMARTS) is 1. The van der Waals surface area contributed by atoms with Gasteiger partial charge in [0.15, 0.2) is 0 Å². The van der Waals surface area contributed by atoms with Gasteiger partial charge in [0, 0.05) is 0 Å². The summed E-state index contributed by atoms with van der Waals surface area (Å²) < 4.78 is 0. The normalized spacial score (nSPS) is 10.0. The van der Waals surface area contributed by atoms with Gasteiger partial charge in [-0.15, -0.1) is 0 Å². The number of phenolic OH excluding ortho intramolecular Hbond substituents is 1. The molecule has 0 amide bonds. The topological polar surface area (TPSA) is 57.5 Å². The van der Waals surface area contributed by atoms with Crippen molar-refractivity contribution in [3.63, 3.8) is 0 Å². The molecule has 0 aliphatic carbocycles. The standard InChI is InChI=1S/C6H6O.C5H10O2.C2H6/c7-6-4-2-1-3-5-6;1-3-4(2)5(6)7;1-2/h1-5,7H;4H,3H2,1-2H3,(H,6,7);1-2H3/t;4-;/m.0./s1. The van der Waals surface area contributed by atoms with Gasteiger partial charge in [0.1, 0.15) is 5.75 Å². The smallest absolute Gasteiger partial charge is 0.306 e. The second-order valence-electron chi connectivity index (χ2n) is 2.98. The molecule has 0 fully saturated rings. The molecule has 3 heteroatoms. The Kier molecular flexibility index (Phi) is 12.2. The Morgan fingerprint density at radius 3 is 1.81 bits per heavy atom. The first-order valence-electron chi connectivity index (χ1n) is 5.54. The maximum absolute atomic E-state index is 9.93. The van der Waals surface area contributed by atoms with E-state index in [9.17, 15) is 4.79 Å². The molecule has 0 aromatic heterocycles. The molecule has 0 unspecified atom stereocenters. The predicted octanol–water partition coefficient (Wildman–Crippen LogP) is 3.54. The quantitative estimate of drug-likeness (QED) is 0.811.